The van der Waals surface area contributed by atoms with Gasteiger partial charge < -0.3 is 10.6 Å². The molecule has 2 aromatic heterocycles. The second kappa shape index (κ2) is 8.14. The highest BCUT2D eigenvalue weighted by atomic mass is 35.5. The summed E-state index contributed by atoms with van der Waals surface area (Å²) in [4.78, 5) is 19.1. The van der Waals surface area contributed by atoms with Crippen LogP contribution < -0.4 is 5.73 Å². The van der Waals surface area contributed by atoms with E-state index in [2.05, 4.69) is 30.9 Å². The first-order valence-corrected chi connectivity index (χ1v) is 7.85. The number of carbonyl (C=O) groups excluding carboxylic acids is 1. The number of carbonyl (C=O) groups is 1. The normalized spacial score (nSPS) is 20.1. The number of likely N-dealkylation sites (tertiary alicyclic amines) is 1. The van der Waals surface area contributed by atoms with Crippen LogP contribution in [0.1, 0.15) is 43.6 Å². The summed E-state index contributed by atoms with van der Waals surface area (Å²) in [6.45, 7) is 7.57. The zero-order valence-electron chi connectivity index (χ0n) is 14.2. The van der Waals surface area contributed by atoms with Gasteiger partial charge >= 0.3 is 0 Å². The molecule has 3 heterocycles. The van der Waals surface area contributed by atoms with Crippen LogP contribution in [0.3, 0.4) is 0 Å². The number of hydrogen-bond acceptors (Lipinski definition) is 4. The van der Waals surface area contributed by atoms with Crippen molar-refractivity contribution in [1.29, 1.82) is 0 Å². The molecule has 3 rings (SSSR count). The molecule has 6 nitrogen and oxygen atoms in total. The van der Waals surface area contributed by atoms with E-state index < -0.39 is 0 Å². The number of rotatable bonds is 3. The lowest BCUT2D eigenvalue weighted by Gasteiger charge is -2.21. The molecule has 134 valence electrons. The lowest BCUT2D eigenvalue weighted by Crippen LogP contribution is -2.34. The fourth-order valence-electron chi connectivity index (χ4n) is 3.20. The molecule has 1 saturated heterocycles. The van der Waals surface area contributed by atoms with Crippen molar-refractivity contribution in [2.75, 3.05) is 13.1 Å². The molecule has 2 unspecified atom stereocenters. The van der Waals surface area contributed by atoms with Gasteiger partial charge in [0.2, 0.25) is 0 Å². The highest BCUT2D eigenvalue weighted by Crippen LogP contribution is 2.25. The summed E-state index contributed by atoms with van der Waals surface area (Å²) in [5.41, 5.74) is 7.19. The molecular weight excluding hydrogens is 349 g/mol. The maximum atomic E-state index is 12.7. The first kappa shape index (κ1) is 20.7. The number of nitrogens with two attached hydrogens (primary N) is 1. The lowest BCUT2D eigenvalue weighted by molar-refractivity contribution is 0.0743. The molecule has 0 saturated carbocycles. The molecule has 0 radical (unpaired) electrons. The summed E-state index contributed by atoms with van der Waals surface area (Å²) in [6.07, 6.45) is 4.41. The Balaban J connectivity index is 0.00000144. The van der Waals surface area contributed by atoms with Crippen molar-refractivity contribution in [3.05, 3.63) is 24.0 Å². The number of fused-ring (bicyclic) bond motifs is 1. The SMILES string of the molecule is CC1CC(CN)CN1C(=O)c1cnc2c(cnn2C(C)C)c1.Cl.Cl. The van der Waals surface area contributed by atoms with E-state index in [0.29, 0.717) is 18.0 Å². The molecular formula is C16H25Cl2N5O. The minimum absolute atomic E-state index is 0. The molecule has 2 aromatic rings. The summed E-state index contributed by atoms with van der Waals surface area (Å²) in [6, 6.07) is 2.37. The summed E-state index contributed by atoms with van der Waals surface area (Å²) in [5, 5.41) is 5.25. The Morgan fingerprint density at radius 1 is 1.38 bits per heavy atom. The average molecular weight is 374 g/mol. The zero-order chi connectivity index (χ0) is 15.9. The molecule has 1 aliphatic rings. The van der Waals surface area contributed by atoms with Gasteiger partial charge in [0.15, 0.2) is 5.65 Å². The van der Waals surface area contributed by atoms with Crippen molar-refractivity contribution in [2.24, 2.45) is 11.7 Å². The fraction of sp³-hybridized carbons (Fsp3) is 0.562. The Bertz CT molecular complexity index is 703. The minimum atomic E-state index is 0. The van der Waals surface area contributed by atoms with E-state index in [4.69, 9.17) is 5.73 Å². The molecule has 0 aliphatic carbocycles. The predicted molar refractivity (Wildman–Crippen MR) is 100 cm³/mol. The zero-order valence-corrected chi connectivity index (χ0v) is 15.8. The van der Waals surface area contributed by atoms with E-state index >= 15 is 0 Å². The van der Waals surface area contributed by atoms with Crippen molar-refractivity contribution in [3.8, 4) is 0 Å². The van der Waals surface area contributed by atoms with Crippen molar-refractivity contribution in [2.45, 2.75) is 39.3 Å². The standard InChI is InChI=1S/C16H23N5O.2ClH/c1-10(2)21-15-13(8-19-21)5-14(7-18-15)16(22)20-9-12(6-17)4-11(20)3;;/h5,7-8,10-12H,4,6,9,17H2,1-3H3;2*1H. The van der Waals surface area contributed by atoms with Gasteiger partial charge in [-0.25, -0.2) is 9.67 Å². The minimum Gasteiger partial charge on any atom is -0.336 e. The topological polar surface area (TPSA) is 77.0 Å². The summed E-state index contributed by atoms with van der Waals surface area (Å²) in [7, 11) is 0. The largest absolute Gasteiger partial charge is 0.336 e. The predicted octanol–water partition coefficient (Wildman–Crippen LogP) is 2.67. The van der Waals surface area contributed by atoms with E-state index in [1.165, 1.54) is 0 Å². The molecule has 1 amide bonds. The van der Waals surface area contributed by atoms with E-state index in [1.54, 1.807) is 12.4 Å². The van der Waals surface area contributed by atoms with Gasteiger partial charge in [0, 0.05) is 30.2 Å². The van der Waals surface area contributed by atoms with Gasteiger partial charge in [0.25, 0.3) is 5.91 Å². The van der Waals surface area contributed by atoms with Crippen LogP contribution in [0.25, 0.3) is 11.0 Å². The molecule has 2 N–H and O–H groups in total. The average Bonchev–Trinajstić information content (AvgIpc) is 3.09. The summed E-state index contributed by atoms with van der Waals surface area (Å²) in [5.74, 6) is 0.439. The number of aromatic nitrogens is 3. The second-order valence-corrected chi connectivity index (χ2v) is 6.46. The third kappa shape index (κ3) is 3.66. The fourth-order valence-corrected chi connectivity index (χ4v) is 3.20. The Labute approximate surface area is 154 Å². The van der Waals surface area contributed by atoms with Gasteiger partial charge in [-0.05, 0) is 45.7 Å². The number of halogens is 2. The Morgan fingerprint density at radius 2 is 2.08 bits per heavy atom. The van der Waals surface area contributed by atoms with Crippen molar-refractivity contribution in [1.82, 2.24) is 19.7 Å². The summed E-state index contributed by atoms with van der Waals surface area (Å²) < 4.78 is 1.87. The third-order valence-corrected chi connectivity index (χ3v) is 4.43. The van der Waals surface area contributed by atoms with Crippen LogP contribution in [0.2, 0.25) is 0 Å². The highest BCUT2D eigenvalue weighted by molar-refractivity contribution is 5.97. The Kier molecular flexibility index (Phi) is 7.01. The van der Waals surface area contributed by atoms with Crippen LogP contribution in [-0.2, 0) is 0 Å². The molecule has 1 aliphatic heterocycles. The molecule has 2 atom stereocenters. The maximum Gasteiger partial charge on any atom is 0.255 e. The molecule has 0 spiro atoms. The van der Waals surface area contributed by atoms with Crippen LogP contribution >= 0.6 is 24.8 Å². The lowest BCUT2D eigenvalue weighted by atomic mass is 10.1. The number of amides is 1. The molecule has 24 heavy (non-hydrogen) atoms. The van der Waals surface area contributed by atoms with Crippen LogP contribution in [0.4, 0.5) is 0 Å². The van der Waals surface area contributed by atoms with Gasteiger partial charge in [-0.3, -0.25) is 4.79 Å². The Hall–Kier alpha value is -1.37. The van der Waals surface area contributed by atoms with Crippen LogP contribution in [-0.4, -0.2) is 44.7 Å². The van der Waals surface area contributed by atoms with Crippen molar-refractivity contribution < 1.29 is 4.79 Å². The summed E-state index contributed by atoms with van der Waals surface area (Å²) >= 11 is 0. The molecule has 0 aromatic carbocycles. The molecule has 8 heteroatoms. The second-order valence-electron chi connectivity index (χ2n) is 6.46. The number of nitrogens with zero attached hydrogens (tertiary/aromatic N) is 4. The molecule has 1 fully saturated rings. The smallest absolute Gasteiger partial charge is 0.255 e. The van der Waals surface area contributed by atoms with Crippen molar-refractivity contribution in [3.63, 3.8) is 0 Å². The van der Waals surface area contributed by atoms with Gasteiger partial charge in [-0.2, -0.15) is 5.10 Å². The number of hydrogen-bond donors (Lipinski definition) is 1. The van der Waals surface area contributed by atoms with E-state index in [0.717, 1.165) is 24.0 Å². The van der Waals surface area contributed by atoms with Crippen LogP contribution in [0, 0.1) is 5.92 Å². The first-order valence-electron chi connectivity index (χ1n) is 7.85. The third-order valence-electron chi connectivity index (χ3n) is 4.43. The number of pyridine rings is 1. The van der Waals surface area contributed by atoms with Gasteiger partial charge in [-0.15, -0.1) is 24.8 Å². The Morgan fingerprint density at radius 3 is 2.67 bits per heavy atom. The molecule has 0 bridgehead atoms. The monoisotopic (exact) mass is 373 g/mol. The van der Waals surface area contributed by atoms with Gasteiger partial charge in [0.1, 0.15) is 0 Å². The maximum absolute atomic E-state index is 12.7. The van der Waals surface area contributed by atoms with E-state index in [1.807, 2.05) is 15.6 Å². The quantitative estimate of drug-likeness (QED) is 0.896. The highest BCUT2D eigenvalue weighted by Gasteiger charge is 2.32. The van der Waals surface area contributed by atoms with Gasteiger partial charge in [0.05, 0.1) is 11.8 Å². The van der Waals surface area contributed by atoms with E-state index in [9.17, 15) is 4.79 Å². The van der Waals surface area contributed by atoms with Crippen LogP contribution in [0.15, 0.2) is 18.5 Å². The first-order chi connectivity index (χ1) is 10.5. The van der Waals surface area contributed by atoms with Crippen LogP contribution in [0.5, 0.6) is 0 Å². The van der Waals surface area contributed by atoms with E-state index in [-0.39, 0.29) is 42.8 Å². The van der Waals surface area contributed by atoms with Crippen molar-refractivity contribution >= 4 is 41.8 Å². The van der Waals surface area contributed by atoms with Gasteiger partial charge in [-0.1, -0.05) is 0 Å².